The Morgan fingerprint density at radius 2 is 1.78 bits per heavy atom. The molecule has 37 heavy (non-hydrogen) atoms. The molecule has 4 fully saturated rings. The average Bonchev–Trinajstić information content (AvgIpc) is 3.25. The van der Waals surface area contributed by atoms with Gasteiger partial charge in [-0.15, -0.1) is 0 Å². The molecule has 0 bridgehead atoms. The monoisotopic (exact) mass is 506 g/mol. The predicted molar refractivity (Wildman–Crippen MR) is 153 cm³/mol. The van der Waals surface area contributed by atoms with Crippen LogP contribution >= 0.6 is 0 Å². The zero-order chi connectivity index (χ0) is 26.2. The first-order valence-electron chi connectivity index (χ1n) is 15.9. The van der Waals surface area contributed by atoms with Gasteiger partial charge in [0.05, 0.1) is 0 Å². The van der Waals surface area contributed by atoms with Crippen molar-refractivity contribution in [3.63, 3.8) is 0 Å². The maximum atomic E-state index is 12.3. The van der Waals surface area contributed by atoms with Crippen molar-refractivity contribution in [2.24, 2.45) is 52.3 Å². The first-order chi connectivity index (χ1) is 17.7. The molecule has 3 nitrogen and oxygen atoms in total. The van der Waals surface area contributed by atoms with E-state index in [0.29, 0.717) is 28.6 Å². The van der Waals surface area contributed by atoms with Gasteiger partial charge >= 0.3 is 0 Å². The van der Waals surface area contributed by atoms with Gasteiger partial charge in [-0.25, -0.2) is 0 Å². The Bertz CT molecular complexity index is 914. The van der Waals surface area contributed by atoms with E-state index in [-0.39, 0.29) is 5.92 Å². The number of rotatable bonds is 9. The lowest BCUT2D eigenvalue weighted by atomic mass is 9.44. The molecule has 3 heteroatoms. The van der Waals surface area contributed by atoms with Crippen molar-refractivity contribution in [2.75, 3.05) is 6.54 Å². The van der Waals surface area contributed by atoms with E-state index in [9.17, 15) is 4.79 Å². The molecule has 1 aromatic heterocycles. The molecule has 0 aliphatic heterocycles. The summed E-state index contributed by atoms with van der Waals surface area (Å²) in [5, 5.41) is 3.92. The van der Waals surface area contributed by atoms with Crippen LogP contribution in [0.3, 0.4) is 0 Å². The predicted octanol–water partition coefficient (Wildman–Crippen LogP) is 7.88. The molecule has 1 heterocycles. The third kappa shape index (κ3) is 5.32. The Kier molecular flexibility index (Phi) is 8.21. The zero-order valence-corrected chi connectivity index (χ0v) is 24.5. The van der Waals surface area contributed by atoms with E-state index in [1.165, 1.54) is 63.5 Å². The van der Waals surface area contributed by atoms with Crippen LogP contribution in [0.4, 0.5) is 0 Å². The Morgan fingerprint density at radius 1 is 1.00 bits per heavy atom. The summed E-state index contributed by atoms with van der Waals surface area (Å²) >= 11 is 0. The van der Waals surface area contributed by atoms with Crippen LogP contribution < -0.4 is 5.32 Å². The van der Waals surface area contributed by atoms with Crippen LogP contribution in [-0.4, -0.2) is 23.4 Å². The molecule has 5 rings (SSSR count). The molecule has 0 spiro atoms. The number of carbonyl (C=O) groups is 1. The second-order valence-electron chi connectivity index (χ2n) is 14.5. The van der Waals surface area contributed by atoms with Crippen LogP contribution in [0.1, 0.15) is 111 Å². The normalized spacial score (nSPS) is 40.1. The molecule has 4 aliphatic rings. The minimum Gasteiger partial charge on any atom is -0.314 e. The van der Waals surface area contributed by atoms with Gasteiger partial charge in [0.25, 0.3) is 0 Å². The lowest BCUT2D eigenvalue weighted by molar-refractivity contribution is -0.123. The van der Waals surface area contributed by atoms with Gasteiger partial charge in [-0.2, -0.15) is 0 Å². The van der Waals surface area contributed by atoms with Gasteiger partial charge in [0.1, 0.15) is 5.78 Å². The van der Waals surface area contributed by atoms with Crippen molar-refractivity contribution in [1.82, 2.24) is 10.3 Å². The molecule has 0 aromatic carbocycles. The highest BCUT2D eigenvalue weighted by atomic mass is 16.1. The fraction of sp³-hybridized carbons (Fsp3) is 0.824. The average molecular weight is 507 g/mol. The van der Waals surface area contributed by atoms with Crippen molar-refractivity contribution in [1.29, 1.82) is 0 Å². The summed E-state index contributed by atoms with van der Waals surface area (Å²) in [4.78, 5) is 16.8. The molecular formula is C34H54N2O. The fourth-order valence-corrected chi connectivity index (χ4v) is 10.2. The second kappa shape index (κ2) is 11.1. The summed E-state index contributed by atoms with van der Waals surface area (Å²) in [7, 11) is 0. The second-order valence-corrected chi connectivity index (χ2v) is 14.5. The molecule has 0 amide bonds. The van der Waals surface area contributed by atoms with Crippen LogP contribution in [0, 0.1) is 52.3 Å². The molecule has 0 unspecified atom stereocenters. The molecule has 0 radical (unpaired) electrons. The summed E-state index contributed by atoms with van der Waals surface area (Å²) in [6, 6.07) is 6.95. The van der Waals surface area contributed by atoms with Gasteiger partial charge in [-0.05, 0) is 123 Å². The van der Waals surface area contributed by atoms with Crippen molar-refractivity contribution < 1.29 is 4.79 Å². The zero-order valence-electron chi connectivity index (χ0n) is 24.5. The van der Waals surface area contributed by atoms with Gasteiger partial charge in [-0.3, -0.25) is 9.78 Å². The van der Waals surface area contributed by atoms with E-state index < -0.39 is 0 Å². The minimum atomic E-state index is 0.191. The summed E-state index contributed by atoms with van der Waals surface area (Å²) < 4.78 is 0. The number of fused-ring (bicyclic) bond motifs is 5. The quantitative estimate of drug-likeness (QED) is 0.370. The largest absolute Gasteiger partial charge is 0.314 e. The summed E-state index contributed by atoms with van der Waals surface area (Å²) in [6.07, 6.45) is 17.7. The number of nitrogens with one attached hydrogen (secondary N) is 1. The van der Waals surface area contributed by atoms with Gasteiger partial charge in [0.15, 0.2) is 0 Å². The van der Waals surface area contributed by atoms with Gasteiger partial charge in [0.2, 0.25) is 0 Å². The third-order valence-corrected chi connectivity index (χ3v) is 12.5. The maximum Gasteiger partial charge on any atom is 0.135 e. The standard InChI is InChI=1S/C34H54N2O/c1-23(2)32(37)14-9-24(3)29-12-13-30-28-11-10-25-22-27(36-21-17-26-8-6-7-20-35-26)15-18-33(25,4)31(28)16-19-34(29,30)5/h6-8,20,23-25,27-31,36H,9-19,21-22H2,1-5H3/t24-,25+,27-,28+,29-,30+,31+,33+,34-/m1/s1. The Balaban J connectivity index is 1.18. The number of nitrogens with zero attached hydrogens (tertiary/aromatic N) is 1. The molecule has 9 atom stereocenters. The van der Waals surface area contributed by atoms with Crippen LogP contribution in [0.15, 0.2) is 24.4 Å². The van der Waals surface area contributed by atoms with Crippen LogP contribution in [0.2, 0.25) is 0 Å². The fourth-order valence-electron chi connectivity index (χ4n) is 10.2. The van der Waals surface area contributed by atoms with Gasteiger partial charge < -0.3 is 5.32 Å². The first kappa shape index (κ1) is 27.4. The Morgan fingerprint density at radius 3 is 2.54 bits per heavy atom. The van der Waals surface area contributed by atoms with E-state index in [2.05, 4.69) is 57.1 Å². The number of hydrogen-bond acceptors (Lipinski definition) is 3. The van der Waals surface area contributed by atoms with E-state index in [1.54, 1.807) is 0 Å². The summed E-state index contributed by atoms with van der Waals surface area (Å²) in [5.74, 6) is 5.87. The van der Waals surface area contributed by atoms with Crippen molar-refractivity contribution in [3.8, 4) is 0 Å². The van der Waals surface area contributed by atoms with Crippen molar-refractivity contribution >= 4 is 5.78 Å². The SMILES string of the molecule is CC(C)C(=O)CC[C@@H](C)[C@H]1CC[C@H]2[C@@H]3CC[C@H]4C[C@H](NCCc5ccccn5)CC[C@]4(C)[C@H]3CC[C@]12C. The lowest BCUT2D eigenvalue weighted by Gasteiger charge is -2.61. The summed E-state index contributed by atoms with van der Waals surface area (Å²) in [5.41, 5.74) is 2.27. The number of aromatic nitrogens is 1. The van der Waals surface area contributed by atoms with Crippen LogP contribution in [-0.2, 0) is 11.2 Å². The number of hydrogen-bond donors (Lipinski definition) is 1. The molecule has 1 aromatic rings. The number of ketones is 1. The molecule has 0 saturated heterocycles. The first-order valence-corrected chi connectivity index (χ1v) is 15.9. The highest BCUT2D eigenvalue weighted by molar-refractivity contribution is 5.80. The third-order valence-electron chi connectivity index (χ3n) is 12.5. The Hall–Kier alpha value is -1.22. The van der Waals surface area contributed by atoms with Crippen LogP contribution in [0.5, 0.6) is 0 Å². The van der Waals surface area contributed by atoms with Gasteiger partial charge in [0, 0.05) is 43.2 Å². The highest BCUT2D eigenvalue weighted by Gasteiger charge is 2.60. The molecule has 1 N–H and O–H groups in total. The number of carbonyl (C=O) groups excluding carboxylic acids is 1. The smallest absolute Gasteiger partial charge is 0.135 e. The van der Waals surface area contributed by atoms with Crippen LogP contribution in [0.25, 0.3) is 0 Å². The number of Topliss-reactive ketones (excluding diaryl/α,β-unsaturated/α-hetero) is 1. The molecular weight excluding hydrogens is 452 g/mol. The summed E-state index contributed by atoms with van der Waals surface area (Å²) in [6.45, 7) is 13.0. The molecule has 206 valence electrons. The maximum absolute atomic E-state index is 12.3. The van der Waals surface area contributed by atoms with E-state index in [1.807, 2.05) is 12.3 Å². The van der Waals surface area contributed by atoms with Crippen molar-refractivity contribution in [2.45, 2.75) is 118 Å². The Labute approximate surface area is 227 Å². The van der Waals surface area contributed by atoms with Crippen molar-refractivity contribution in [3.05, 3.63) is 30.1 Å². The highest BCUT2D eigenvalue weighted by Crippen LogP contribution is 2.68. The minimum absolute atomic E-state index is 0.191. The van der Waals surface area contributed by atoms with E-state index >= 15 is 0 Å². The lowest BCUT2D eigenvalue weighted by Crippen LogP contribution is -2.55. The topological polar surface area (TPSA) is 42.0 Å². The van der Waals surface area contributed by atoms with Gasteiger partial charge in [-0.1, -0.05) is 40.7 Å². The molecule has 4 saturated carbocycles. The van der Waals surface area contributed by atoms with E-state index in [0.717, 1.165) is 55.4 Å². The molecule has 4 aliphatic carbocycles. The van der Waals surface area contributed by atoms with E-state index in [4.69, 9.17) is 0 Å². The number of pyridine rings is 1.